The normalized spacial score (nSPS) is 17.1. The zero-order valence-electron chi connectivity index (χ0n) is 10.3. The van der Waals surface area contributed by atoms with Crippen LogP contribution < -0.4 is 10.5 Å². The van der Waals surface area contributed by atoms with E-state index in [0.717, 1.165) is 24.1 Å². The quantitative estimate of drug-likeness (QED) is 0.774. The molecule has 3 N–H and O–H groups in total. The molecule has 0 radical (unpaired) electrons. The van der Waals surface area contributed by atoms with Gasteiger partial charge in [0.05, 0.1) is 0 Å². The highest BCUT2D eigenvalue weighted by molar-refractivity contribution is 7.87. The van der Waals surface area contributed by atoms with E-state index in [1.54, 1.807) is 0 Å². The lowest BCUT2D eigenvalue weighted by Gasteiger charge is -2.15. The lowest BCUT2D eigenvalue weighted by atomic mass is 10.1. The number of hydrogen-bond acceptors (Lipinski definition) is 3. The molecule has 100 valence electrons. The van der Waals surface area contributed by atoms with E-state index < -0.39 is 10.2 Å². The molecule has 1 fully saturated rings. The maximum absolute atomic E-state index is 11.9. The minimum atomic E-state index is -3.28. The first-order valence-electron chi connectivity index (χ1n) is 6.17. The van der Waals surface area contributed by atoms with Gasteiger partial charge in [0, 0.05) is 25.3 Å². The zero-order chi connectivity index (χ0) is 13.0. The first kappa shape index (κ1) is 13.3. The molecule has 0 atom stereocenters. The molecule has 2 rings (SSSR count). The maximum Gasteiger partial charge on any atom is 0.279 e. The molecule has 0 unspecified atom stereocenters. The number of anilines is 1. The van der Waals surface area contributed by atoms with Gasteiger partial charge < -0.3 is 5.73 Å². The largest absolute Gasteiger partial charge is 0.399 e. The molecule has 18 heavy (non-hydrogen) atoms. The van der Waals surface area contributed by atoms with E-state index in [1.165, 1.54) is 4.31 Å². The Morgan fingerprint density at radius 1 is 1.17 bits per heavy atom. The predicted octanol–water partition coefficient (Wildman–Crippen LogP) is 0.742. The number of nitrogens with zero attached hydrogens (tertiary/aromatic N) is 1. The number of nitrogens with two attached hydrogens (primary N) is 1. The van der Waals surface area contributed by atoms with Gasteiger partial charge in [0.25, 0.3) is 10.2 Å². The molecule has 1 aliphatic rings. The molecule has 0 saturated carbocycles. The van der Waals surface area contributed by atoms with Crippen molar-refractivity contribution in [1.82, 2.24) is 9.03 Å². The summed E-state index contributed by atoms with van der Waals surface area (Å²) in [5.41, 5.74) is 7.39. The highest BCUT2D eigenvalue weighted by atomic mass is 32.2. The Kier molecular flexibility index (Phi) is 4.21. The summed E-state index contributed by atoms with van der Waals surface area (Å²) in [7, 11) is -3.28. The number of rotatable bonds is 5. The lowest BCUT2D eigenvalue weighted by Crippen LogP contribution is -2.39. The maximum atomic E-state index is 11.9. The van der Waals surface area contributed by atoms with Crippen LogP contribution in [0.25, 0.3) is 0 Å². The fourth-order valence-corrected chi connectivity index (χ4v) is 3.31. The van der Waals surface area contributed by atoms with E-state index in [2.05, 4.69) is 4.72 Å². The van der Waals surface area contributed by atoms with Gasteiger partial charge in [0.15, 0.2) is 0 Å². The molecule has 0 spiro atoms. The molecular weight excluding hydrogens is 250 g/mol. The Morgan fingerprint density at radius 2 is 1.78 bits per heavy atom. The molecule has 0 bridgehead atoms. The van der Waals surface area contributed by atoms with Crippen LogP contribution in [0.1, 0.15) is 18.4 Å². The van der Waals surface area contributed by atoms with Gasteiger partial charge in [0.2, 0.25) is 0 Å². The minimum absolute atomic E-state index is 0.419. The molecule has 0 aliphatic carbocycles. The van der Waals surface area contributed by atoms with Crippen LogP contribution in [-0.4, -0.2) is 32.4 Å². The highest BCUT2D eigenvalue weighted by Crippen LogP contribution is 2.11. The van der Waals surface area contributed by atoms with Crippen LogP contribution in [-0.2, 0) is 16.6 Å². The van der Waals surface area contributed by atoms with Gasteiger partial charge in [0.1, 0.15) is 0 Å². The lowest BCUT2D eigenvalue weighted by molar-refractivity contribution is 0.465. The fraction of sp³-hybridized carbons (Fsp3) is 0.500. The third-order valence-corrected chi connectivity index (χ3v) is 4.70. The van der Waals surface area contributed by atoms with E-state index in [1.807, 2.05) is 24.3 Å². The first-order valence-corrected chi connectivity index (χ1v) is 7.61. The van der Waals surface area contributed by atoms with Crippen molar-refractivity contribution < 1.29 is 8.42 Å². The Bertz CT molecular complexity index is 479. The van der Waals surface area contributed by atoms with Crippen LogP contribution in [0.2, 0.25) is 0 Å². The topological polar surface area (TPSA) is 75.4 Å². The minimum Gasteiger partial charge on any atom is -0.399 e. The molecule has 1 aromatic carbocycles. The van der Waals surface area contributed by atoms with Crippen molar-refractivity contribution in [2.75, 3.05) is 25.4 Å². The first-order chi connectivity index (χ1) is 8.58. The zero-order valence-corrected chi connectivity index (χ0v) is 11.1. The van der Waals surface area contributed by atoms with Crippen molar-refractivity contribution in [3.63, 3.8) is 0 Å². The van der Waals surface area contributed by atoms with Crippen LogP contribution in [0.5, 0.6) is 0 Å². The van der Waals surface area contributed by atoms with Gasteiger partial charge in [-0.2, -0.15) is 12.7 Å². The van der Waals surface area contributed by atoms with Crippen LogP contribution in [0, 0.1) is 0 Å². The van der Waals surface area contributed by atoms with Crippen molar-refractivity contribution in [2.24, 2.45) is 0 Å². The van der Waals surface area contributed by atoms with Gasteiger partial charge in [-0.25, -0.2) is 4.72 Å². The molecule has 1 saturated heterocycles. The second-order valence-corrected chi connectivity index (χ2v) is 6.25. The molecule has 5 nitrogen and oxygen atoms in total. The summed E-state index contributed by atoms with van der Waals surface area (Å²) in [6.07, 6.45) is 2.59. The summed E-state index contributed by atoms with van der Waals surface area (Å²) >= 11 is 0. The SMILES string of the molecule is Nc1ccc(CCNS(=O)(=O)N2CCCC2)cc1. The van der Waals surface area contributed by atoms with Crippen LogP contribution >= 0.6 is 0 Å². The summed E-state index contributed by atoms with van der Waals surface area (Å²) in [6.45, 7) is 1.69. The van der Waals surface area contributed by atoms with Crippen molar-refractivity contribution in [2.45, 2.75) is 19.3 Å². The summed E-state index contributed by atoms with van der Waals surface area (Å²) in [5.74, 6) is 0. The van der Waals surface area contributed by atoms with Crippen molar-refractivity contribution in [1.29, 1.82) is 0 Å². The average molecular weight is 269 g/mol. The number of nitrogens with one attached hydrogen (secondary N) is 1. The molecule has 1 aliphatic heterocycles. The molecular formula is C12H19N3O2S. The fourth-order valence-electron chi connectivity index (χ4n) is 2.03. The summed E-state index contributed by atoms with van der Waals surface area (Å²) in [4.78, 5) is 0. The summed E-state index contributed by atoms with van der Waals surface area (Å²) in [5, 5.41) is 0. The Hall–Kier alpha value is -1.11. The van der Waals surface area contributed by atoms with Gasteiger partial charge in [-0.3, -0.25) is 0 Å². The Labute approximate surface area is 108 Å². The average Bonchev–Trinajstić information content (AvgIpc) is 2.86. The molecule has 1 aromatic rings. The number of nitrogen functional groups attached to an aromatic ring is 1. The van der Waals surface area contributed by atoms with Crippen molar-refractivity contribution >= 4 is 15.9 Å². The smallest absolute Gasteiger partial charge is 0.279 e. The third-order valence-electron chi connectivity index (χ3n) is 3.08. The van der Waals surface area contributed by atoms with Gasteiger partial charge in [-0.05, 0) is 37.0 Å². The summed E-state index contributed by atoms with van der Waals surface area (Å²) in [6, 6.07) is 7.48. The van der Waals surface area contributed by atoms with Crippen LogP contribution in [0.15, 0.2) is 24.3 Å². The Balaban J connectivity index is 1.82. The van der Waals surface area contributed by atoms with E-state index in [-0.39, 0.29) is 0 Å². The number of hydrogen-bond donors (Lipinski definition) is 2. The summed E-state index contributed by atoms with van der Waals surface area (Å²) < 4.78 is 27.9. The highest BCUT2D eigenvalue weighted by Gasteiger charge is 2.24. The molecule has 1 heterocycles. The van der Waals surface area contributed by atoms with E-state index in [0.29, 0.717) is 26.1 Å². The van der Waals surface area contributed by atoms with Gasteiger partial charge in [-0.1, -0.05) is 12.1 Å². The Morgan fingerprint density at radius 3 is 2.39 bits per heavy atom. The van der Waals surface area contributed by atoms with E-state index in [9.17, 15) is 8.42 Å². The van der Waals surface area contributed by atoms with Crippen molar-refractivity contribution in [3.05, 3.63) is 29.8 Å². The molecule has 0 amide bonds. The monoisotopic (exact) mass is 269 g/mol. The molecule has 6 heteroatoms. The second kappa shape index (κ2) is 5.69. The van der Waals surface area contributed by atoms with Gasteiger partial charge >= 0.3 is 0 Å². The predicted molar refractivity (Wildman–Crippen MR) is 72.3 cm³/mol. The van der Waals surface area contributed by atoms with Crippen molar-refractivity contribution in [3.8, 4) is 0 Å². The van der Waals surface area contributed by atoms with Crippen LogP contribution in [0.4, 0.5) is 5.69 Å². The number of benzene rings is 1. The standard InChI is InChI=1S/C12H19N3O2S/c13-12-5-3-11(4-6-12)7-8-14-18(16,17)15-9-1-2-10-15/h3-6,14H,1-2,7-10,13H2. The van der Waals surface area contributed by atoms with Crippen LogP contribution in [0.3, 0.4) is 0 Å². The molecule has 0 aromatic heterocycles. The van der Waals surface area contributed by atoms with E-state index >= 15 is 0 Å². The van der Waals surface area contributed by atoms with E-state index in [4.69, 9.17) is 5.73 Å². The third kappa shape index (κ3) is 3.44. The van der Waals surface area contributed by atoms with Gasteiger partial charge in [-0.15, -0.1) is 0 Å². The second-order valence-electron chi connectivity index (χ2n) is 4.50.